The standard InChI is InChI=1S/C8H17BN2/c1-8(2)10-4-3-5-11(9)7-6-10/h8H,3-7H2,1-2H3. The van der Waals surface area contributed by atoms with Crippen LogP contribution in [0.25, 0.3) is 0 Å². The average Bonchev–Trinajstić information content (AvgIpc) is 2.13. The topological polar surface area (TPSA) is 6.48 Å². The first-order chi connectivity index (χ1) is 5.20. The molecule has 0 aromatic rings. The van der Waals surface area contributed by atoms with Crippen molar-refractivity contribution in [2.75, 3.05) is 26.2 Å². The SMILES string of the molecule is [B]N1CCCN(C(C)C)CC1. The Kier molecular flexibility index (Phi) is 3.40. The zero-order valence-corrected chi connectivity index (χ0v) is 7.58. The van der Waals surface area contributed by atoms with Gasteiger partial charge in [-0.3, -0.25) is 4.90 Å². The van der Waals surface area contributed by atoms with Gasteiger partial charge in [0.05, 0.1) is 0 Å². The van der Waals surface area contributed by atoms with E-state index in [4.69, 9.17) is 7.98 Å². The van der Waals surface area contributed by atoms with E-state index in [0.717, 1.165) is 19.6 Å². The molecule has 11 heavy (non-hydrogen) atoms. The minimum Gasteiger partial charge on any atom is -0.352 e. The van der Waals surface area contributed by atoms with Gasteiger partial charge in [0, 0.05) is 12.6 Å². The van der Waals surface area contributed by atoms with E-state index in [1.165, 1.54) is 13.0 Å². The molecule has 1 aliphatic heterocycles. The highest BCUT2D eigenvalue weighted by molar-refractivity contribution is 6.04. The van der Waals surface area contributed by atoms with Crippen LogP contribution >= 0.6 is 0 Å². The van der Waals surface area contributed by atoms with Crippen molar-refractivity contribution < 1.29 is 0 Å². The van der Waals surface area contributed by atoms with E-state index in [1.807, 2.05) is 4.81 Å². The van der Waals surface area contributed by atoms with Gasteiger partial charge >= 0.3 is 0 Å². The zero-order chi connectivity index (χ0) is 8.27. The van der Waals surface area contributed by atoms with Gasteiger partial charge in [0.15, 0.2) is 7.98 Å². The molecule has 1 heterocycles. The van der Waals surface area contributed by atoms with Gasteiger partial charge in [-0.05, 0) is 39.9 Å². The van der Waals surface area contributed by atoms with Crippen LogP contribution < -0.4 is 0 Å². The van der Waals surface area contributed by atoms with Crippen molar-refractivity contribution in [2.24, 2.45) is 0 Å². The number of nitrogens with zero attached hydrogens (tertiary/aromatic N) is 2. The lowest BCUT2D eigenvalue weighted by atomic mass is 10.3. The lowest BCUT2D eigenvalue weighted by Crippen LogP contribution is -2.34. The highest BCUT2D eigenvalue weighted by atomic mass is 15.2. The Balaban J connectivity index is 2.34. The normalized spacial score (nSPS) is 23.9. The lowest BCUT2D eigenvalue weighted by molar-refractivity contribution is 0.234. The van der Waals surface area contributed by atoms with Gasteiger partial charge in [0.25, 0.3) is 0 Å². The average molecular weight is 152 g/mol. The Morgan fingerprint density at radius 1 is 1.09 bits per heavy atom. The summed E-state index contributed by atoms with van der Waals surface area (Å²) in [5, 5.41) is 0. The van der Waals surface area contributed by atoms with Crippen molar-refractivity contribution in [3.8, 4) is 0 Å². The molecule has 0 aliphatic carbocycles. The third kappa shape index (κ3) is 2.84. The Labute approximate surface area is 71.0 Å². The predicted octanol–water partition coefficient (Wildman–Crippen LogP) is 0.486. The minimum absolute atomic E-state index is 0.668. The first kappa shape index (κ1) is 9.08. The maximum atomic E-state index is 5.70. The molecule has 0 amide bonds. The summed E-state index contributed by atoms with van der Waals surface area (Å²) in [6.45, 7) is 8.86. The van der Waals surface area contributed by atoms with Crippen molar-refractivity contribution in [3.05, 3.63) is 0 Å². The van der Waals surface area contributed by atoms with Crippen LogP contribution in [0.15, 0.2) is 0 Å². The van der Waals surface area contributed by atoms with Gasteiger partial charge in [0.1, 0.15) is 0 Å². The molecule has 0 atom stereocenters. The highest BCUT2D eigenvalue weighted by Gasteiger charge is 2.13. The van der Waals surface area contributed by atoms with Gasteiger partial charge in [-0.2, -0.15) is 0 Å². The van der Waals surface area contributed by atoms with Gasteiger partial charge in [-0.15, -0.1) is 0 Å². The van der Waals surface area contributed by atoms with Gasteiger partial charge in [-0.1, -0.05) is 0 Å². The largest absolute Gasteiger partial charge is 0.352 e. The molecule has 0 aromatic carbocycles. The molecule has 0 N–H and O–H groups in total. The maximum Gasteiger partial charge on any atom is 0.182 e. The third-order valence-electron chi connectivity index (χ3n) is 2.30. The smallest absolute Gasteiger partial charge is 0.182 e. The Morgan fingerprint density at radius 2 is 1.82 bits per heavy atom. The summed E-state index contributed by atoms with van der Waals surface area (Å²) in [7, 11) is 5.70. The van der Waals surface area contributed by atoms with E-state index in [1.54, 1.807) is 0 Å². The van der Waals surface area contributed by atoms with Crippen molar-refractivity contribution in [2.45, 2.75) is 26.3 Å². The van der Waals surface area contributed by atoms with Crippen LogP contribution in [0.3, 0.4) is 0 Å². The van der Waals surface area contributed by atoms with E-state index in [2.05, 4.69) is 18.7 Å². The molecular formula is C8H17BN2. The van der Waals surface area contributed by atoms with Crippen LogP contribution in [0.2, 0.25) is 0 Å². The second kappa shape index (κ2) is 4.12. The van der Waals surface area contributed by atoms with E-state index in [-0.39, 0.29) is 0 Å². The molecular weight excluding hydrogens is 135 g/mol. The molecule has 0 spiro atoms. The lowest BCUT2D eigenvalue weighted by Gasteiger charge is -2.24. The third-order valence-corrected chi connectivity index (χ3v) is 2.30. The Morgan fingerprint density at radius 3 is 2.45 bits per heavy atom. The summed E-state index contributed by atoms with van der Waals surface area (Å²) >= 11 is 0. The van der Waals surface area contributed by atoms with Crippen LogP contribution in [-0.4, -0.2) is 49.9 Å². The van der Waals surface area contributed by atoms with Gasteiger partial charge in [-0.25, -0.2) is 0 Å². The zero-order valence-electron chi connectivity index (χ0n) is 7.58. The molecule has 3 heteroatoms. The highest BCUT2D eigenvalue weighted by Crippen LogP contribution is 2.04. The summed E-state index contributed by atoms with van der Waals surface area (Å²) in [5.41, 5.74) is 0. The maximum absolute atomic E-state index is 5.70. The molecule has 1 rings (SSSR count). The van der Waals surface area contributed by atoms with E-state index in [0.29, 0.717) is 6.04 Å². The molecule has 2 nitrogen and oxygen atoms in total. The van der Waals surface area contributed by atoms with Crippen LogP contribution in [-0.2, 0) is 0 Å². The molecule has 0 aromatic heterocycles. The number of hydrogen-bond acceptors (Lipinski definition) is 2. The summed E-state index contributed by atoms with van der Waals surface area (Å²) in [6, 6.07) is 0.668. The van der Waals surface area contributed by atoms with Crippen molar-refractivity contribution in [1.29, 1.82) is 0 Å². The molecule has 62 valence electrons. The number of hydrogen-bond donors (Lipinski definition) is 0. The van der Waals surface area contributed by atoms with Gasteiger partial charge in [0.2, 0.25) is 0 Å². The van der Waals surface area contributed by atoms with Crippen molar-refractivity contribution in [1.82, 2.24) is 9.71 Å². The molecule has 1 aliphatic rings. The number of rotatable bonds is 1. The molecule has 0 bridgehead atoms. The van der Waals surface area contributed by atoms with Crippen molar-refractivity contribution in [3.63, 3.8) is 0 Å². The minimum atomic E-state index is 0.668. The molecule has 1 fully saturated rings. The molecule has 0 saturated carbocycles. The first-order valence-corrected chi connectivity index (χ1v) is 4.44. The van der Waals surface area contributed by atoms with E-state index in [9.17, 15) is 0 Å². The van der Waals surface area contributed by atoms with Crippen molar-refractivity contribution >= 4 is 7.98 Å². The fourth-order valence-corrected chi connectivity index (χ4v) is 1.47. The summed E-state index contributed by atoms with van der Waals surface area (Å²) < 4.78 is 0. The summed E-state index contributed by atoms with van der Waals surface area (Å²) in [4.78, 5) is 4.40. The second-order valence-corrected chi connectivity index (χ2v) is 3.52. The van der Waals surface area contributed by atoms with Crippen LogP contribution in [0.4, 0.5) is 0 Å². The quantitative estimate of drug-likeness (QED) is 0.504. The van der Waals surface area contributed by atoms with E-state index < -0.39 is 0 Å². The van der Waals surface area contributed by atoms with E-state index >= 15 is 0 Å². The molecule has 2 radical (unpaired) electrons. The Bertz CT molecular complexity index is 117. The fraction of sp³-hybridized carbons (Fsp3) is 1.00. The van der Waals surface area contributed by atoms with Gasteiger partial charge < -0.3 is 4.81 Å². The summed E-state index contributed by atoms with van der Waals surface area (Å²) in [6.07, 6.45) is 1.20. The summed E-state index contributed by atoms with van der Waals surface area (Å²) in [5.74, 6) is 0. The Hall–Kier alpha value is -0.0151. The van der Waals surface area contributed by atoms with Crippen LogP contribution in [0.1, 0.15) is 20.3 Å². The first-order valence-electron chi connectivity index (χ1n) is 4.44. The second-order valence-electron chi connectivity index (χ2n) is 3.52. The predicted molar refractivity (Wildman–Crippen MR) is 48.7 cm³/mol. The monoisotopic (exact) mass is 152 g/mol. The fourth-order valence-electron chi connectivity index (χ4n) is 1.47. The molecule has 1 saturated heterocycles. The molecule has 0 unspecified atom stereocenters. The van der Waals surface area contributed by atoms with Crippen LogP contribution in [0, 0.1) is 0 Å². The van der Waals surface area contributed by atoms with Crippen LogP contribution in [0.5, 0.6) is 0 Å².